The van der Waals surface area contributed by atoms with Crippen molar-refractivity contribution in [3.63, 3.8) is 0 Å². The van der Waals surface area contributed by atoms with Crippen molar-refractivity contribution in [1.29, 1.82) is 0 Å². The average molecular weight is 240 g/mol. The van der Waals surface area contributed by atoms with Gasteiger partial charge in [0.2, 0.25) is 6.29 Å². The molecule has 0 aliphatic carbocycles. The molecule has 16 heavy (non-hydrogen) atoms. The first-order valence-electron chi connectivity index (χ1n) is 4.45. The van der Waals surface area contributed by atoms with Gasteiger partial charge in [-0.15, -0.1) is 0 Å². The molecule has 6 N–H and O–H groups in total. The molecule has 0 aromatic carbocycles. The first kappa shape index (κ1) is 15.2. The van der Waals surface area contributed by atoms with E-state index in [0.29, 0.717) is 0 Å². The number of carbonyl (C=O) groups excluding carboxylic acids is 1. The minimum absolute atomic E-state index is 0. The summed E-state index contributed by atoms with van der Waals surface area (Å²) in [6.07, 6.45) is -6.95. The largest absolute Gasteiger partial charge is 0.433 e. The molecule has 0 amide bonds. The van der Waals surface area contributed by atoms with Crippen LogP contribution >= 0.6 is 0 Å². The summed E-state index contributed by atoms with van der Waals surface area (Å²) in [5, 5.41) is 36.8. The van der Waals surface area contributed by atoms with Crippen LogP contribution in [0.15, 0.2) is 0 Å². The molecule has 8 nitrogen and oxygen atoms in total. The van der Waals surface area contributed by atoms with Crippen molar-refractivity contribution < 1.29 is 40.2 Å². The standard InChI is InChI=1S/C8H14O7.H2O/c1-3(10)14-8-7(13)6(12)5(11)4(2-9)15-8;/h4-9,11-13H,2H2,1H3;1H2/t4-,5-,6+,7+,8-;/m1./s1. The molecule has 1 fully saturated rings. The Hall–Kier alpha value is -0.770. The van der Waals surface area contributed by atoms with Crippen molar-refractivity contribution in [2.75, 3.05) is 6.61 Å². The van der Waals surface area contributed by atoms with Gasteiger partial charge in [-0.05, 0) is 0 Å². The number of hydrogen-bond acceptors (Lipinski definition) is 7. The van der Waals surface area contributed by atoms with Crippen LogP contribution in [-0.2, 0) is 14.3 Å². The van der Waals surface area contributed by atoms with Crippen LogP contribution in [0.25, 0.3) is 0 Å². The predicted octanol–water partition coefficient (Wildman–Crippen LogP) is -3.48. The zero-order valence-electron chi connectivity index (χ0n) is 8.61. The van der Waals surface area contributed by atoms with Crippen LogP contribution in [0.1, 0.15) is 6.92 Å². The van der Waals surface area contributed by atoms with Gasteiger partial charge >= 0.3 is 5.97 Å². The van der Waals surface area contributed by atoms with Crippen LogP contribution in [-0.4, -0.2) is 69.2 Å². The van der Waals surface area contributed by atoms with E-state index in [-0.39, 0.29) is 5.48 Å². The van der Waals surface area contributed by atoms with Gasteiger partial charge in [0, 0.05) is 6.92 Å². The molecular formula is C8H16O8. The number of ether oxygens (including phenoxy) is 2. The lowest BCUT2D eigenvalue weighted by molar-refractivity contribution is -0.292. The fraction of sp³-hybridized carbons (Fsp3) is 0.875. The molecule has 1 aliphatic rings. The zero-order chi connectivity index (χ0) is 11.6. The normalized spacial score (nSPS) is 38.7. The second-order valence-electron chi connectivity index (χ2n) is 3.31. The van der Waals surface area contributed by atoms with Gasteiger partial charge in [0.25, 0.3) is 0 Å². The minimum atomic E-state index is -1.54. The number of aliphatic hydroxyl groups is 4. The van der Waals surface area contributed by atoms with Crippen LogP contribution in [0.5, 0.6) is 0 Å². The summed E-state index contributed by atoms with van der Waals surface area (Å²) in [5.41, 5.74) is 0. The molecule has 96 valence electrons. The Morgan fingerprint density at radius 3 is 2.25 bits per heavy atom. The van der Waals surface area contributed by atoms with Gasteiger partial charge in [-0.1, -0.05) is 0 Å². The molecule has 1 aliphatic heterocycles. The molecule has 0 aromatic rings. The lowest BCUT2D eigenvalue weighted by Crippen LogP contribution is -2.59. The van der Waals surface area contributed by atoms with Crippen molar-refractivity contribution in [2.45, 2.75) is 37.6 Å². The molecule has 0 radical (unpaired) electrons. The van der Waals surface area contributed by atoms with E-state index in [0.717, 1.165) is 6.92 Å². The third-order valence-corrected chi connectivity index (χ3v) is 2.13. The van der Waals surface area contributed by atoms with Crippen molar-refractivity contribution >= 4 is 5.97 Å². The summed E-state index contributed by atoms with van der Waals surface area (Å²) in [7, 11) is 0. The third kappa shape index (κ3) is 3.11. The Bertz CT molecular complexity index is 230. The highest BCUT2D eigenvalue weighted by molar-refractivity contribution is 5.66. The Kier molecular flexibility index (Phi) is 5.79. The summed E-state index contributed by atoms with van der Waals surface area (Å²) in [4.78, 5) is 10.6. The van der Waals surface area contributed by atoms with Crippen molar-refractivity contribution in [1.82, 2.24) is 0 Å². The highest BCUT2D eigenvalue weighted by Crippen LogP contribution is 2.21. The van der Waals surface area contributed by atoms with Crippen LogP contribution < -0.4 is 0 Å². The van der Waals surface area contributed by atoms with Gasteiger partial charge in [-0.25, -0.2) is 0 Å². The van der Waals surface area contributed by atoms with Gasteiger partial charge in [0.1, 0.15) is 24.4 Å². The molecule has 0 unspecified atom stereocenters. The lowest BCUT2D eigenvalue weighted by atomic mass is 9.99. The molecule has 0 bridgehead atoms. The van der Waals surface area contributed by atoms with Gasteiger partial charge in [-0.2, -0.15) is 0 Å². The molecule has 0 saturated carbocycles. The van der Waals surface area contributed by atoms with Crippen LogP contribution in [0.3, 0.4) is 0 Å². The van der Waals surface area contributed by atoms with Crippen LogP contribution in [0, 0.1) is 0 Å². The molecule has 0 spiro atoms. The Balaban J connectivity index is 0.00000225. The van der Waals surface area contributed by atoms with E-state index in [1.165, 1.54) is 0 Å². The number of esters is 1. The summed E-state index contributed by atoms with van der Waals surface area (Å²) >= 11 is 0. The van der Waals surface area contributed by atoms with E-state index in [9.17, 15) is 20.1 Å². The number of rotatable bonds is 2. The molecule has 8 heteroatoms. The monoisotopic (exact) mass is 240 g/mol. The van der Waals surface area contributed by atoms with Crippen molar-refractivity contribution in [3.05, 3.63) is 0 Å². The maximum atomic E-state index is 10.6. The smallest absolute Gasteiger partial charge is 0.305 e. The summed E-state index contributed by atoms with van der Waals surface area (Å²) < 4.78 is 9.45. The lowest BCUT2D eigenvalue weighted by Gasteiger charge is -2.38. The van der Waals surface area contributed by atoms with Gasteiger partial charge < -0.3 is 35.4 Å². The minimum Gasteiger partial charge on any atom is -0.433 e. The molecular weight excluding hydrogens is 224 g/mol. The summed E-state index contributed by atoms with van der Waals surface area (Å²) in [6.45, 7) is 0.560. The van der Waals surface area contributed by atoms with E-state index >= 15 is 0 Å². The van der Waals surface area contributed by atoms with Gasteiger partial charge in [-0.3, -0.25) is 4.79 Å². The molecule has 5 atom stereocenters. The first-order valence-corrected chi connectivity index (χ1v) is 4.45. The van der Waals surface area contributed by atoms with E-state index in [1.54, 1.807) is 0 Å². The quantitative estimate of drug-likeness (QED) is 0.366. The van der Waals surface area contributed by atoms with Gasteiger partial charge in [0.05, 0.1) is 6.61 Å². The molecule has 1 rings (SSSR count). The number of aliphatic hydroxyl groups excluding tert-OH is 4. The highest BCUT2D eigenvalue weighted by atomic mass is 16.7. The first-order chi connectivity index (χ1) is 6.97. The van der Waals surface area contributed by atoms with Crippen LogP contribution in [0.2, 0.25) is 0 Å². The maximum Gasteiger partial charge on any atom is 0.305 e. The van der Waals surface area contributed by atoms with Crippen LogP contribution in [0.4, 0.5) is 0 Å². The fourth-order valence-corrected chi connectivity index (χ4v) is 1.33. The maximum absolute atomic E-state index is 10.6. The Labute approximate surface area is 91.3 Å². The number of carbonyl (C=O) groups is 1. The highest BCUT2D eigenvalue weighted by Gasteiger charge is 2.44. The molecule has 1 saturated heterocycles. The van der Waals surface area contributed by atoms with Gasteiger partial charge in [0.15, 0.2) is 0 Å². The average Bonchev–Trinajstić information content (AvgIpc) is 2.18. The van der Waals surface area contributed by atoms with E-state index in [2.05, 4.69) is 4.74 Å². The molecule has 0 aromatic heterocycles. The van der Waals surface area contributed by atoms with E-state index in [1.807, 2.05) is 0 Å². The number of hydrogen-bond donors (Lipinski definition) is 4. The van der Waals surface area contributed by atoms with E-state index in [4.69, 9.17) is 9.84 Å². The summed E-state index contributed by atoms with van der Waals surface area (Å²) in [6, 6.07) is 0. The Morgan fingerprint density at radius 1 is 1.25 bits per heavy atom. The summed E-state index contributed by atoms with van der Waals surface area (Å²) in [5.74, 6) is -0.695. The van der Waals surface area contributed by atoms with Crippen molar-refractivity contribution in [3.8, 4) is 0 Å². The van der Waals surface area contributed by atoms with E-state index < -0.39 is 43.3 Å². The second kappa shape index (κ2) is 6.09. The second-order valence-corrected chi connectivity index (χ2v) is 3.31. The topological polar surface area (TPSA) is 148 Å². The molecule has 1 heterocycles. The zero-order valence-corrected chi connectivity index (χ0v) is 8.61. The Morgan fingerprint density at radius 2 is 1.81 bits per heavy atom. The predicted molar refractivity (Wildman–Crippen MR) is 49.1 cm³/mol. The SMILES string of the molecule is CC(=O)O[C@@H]1O[C@H](CO)[C@@H](O)[C@H](O)[C@@H]1O.O. The third-order valence-electron chi connectivity index (χ3n) is 2.13. The fourth-order valence-electron chi connectivity index (χ4n) is 1.33. The van der Waals surface area contributed by atoms with Crippen molar-refractivity contribution in [2.24, 2.45) is 0 Å².